The predicted octanol–water partition coefficient (Wildman–Crippen LogP) is 7.27. The molecular weight excluding hydrogens is 935 g/mol. The molecule has 9 N–H and O–H groups in total. The standard InChI is InChI=1S/C23H22ClFN2O6.C19H21ClFNO3.C5H4O4.CH4/c1-23(12-28,21(30)31)10-16(26-20(29)19-11-33-22(32)27-19)8-13-2-4-14(5-3-13)17-9-15(24)6-7-18(17)25;1-19(11-23,18(24)25)10-15(22)8-12-2-4-13(5-3-12)16-9-14(20)6-7-17(16)21;6-4-1-3(2-9-4)5(7)8;/h2-7,9,11,16,28H,8,10,12H2,1H3,(H,26,29)(H,27,32)(H,30,31);2-7,9,15,23H,8,10-11,22H2,1H3,(H,24,25);2H,1H2,(H,7,8);1H4/t16-,23+;15-,19+;;/m11../s1. The van der Waals surface area contributed by atoms with Crippen LogP contribution in [0.1, 0.15) is 62.2 Å². The van der Waals surface area contributed by atoms with Gasteiger partial charge < -0.3 is 45.7 Å². The predicted molar refractivity (Wildman–Crippen MR) is 248 cm³/mol. The fraction of sp³-hybridized carbons (Fsp3) is 0.292. The Morgan fingerprint density at radius 2 is 1.24 bits per heavy atom. The number of hydrogen-bond acceptors (Lipinski definition) is 11. The SMILES string of the molecule is C.C[C@@](CO)(C[C@@H](Cc1ccc(-c2cc(Cl)ccc2F)cc1)NC(=O)c1coc(=O)[nH]1)C(=O)O.C[C@@](CO)(C[C@H](N)Cc1ccc(-c2cc(Cl)ccc2F)cc1)C(=O)O.O=C1CC(C(=O)O)=CO1. The van der Waals surface area contributed by atoms with E-state index >= 15 is 0 Å². The normalized spacial score (nSPS) is 14.4. The number of hydrogen-bond donors (Lipinski definition) is 8. The summed E-state index contributed by atoms with van der Waals surface area (Å²) in [6, 6.07) is 21.6. The second-order valence-corrected chi connectivity index (χ2v) is 17.0. The Kier molecular flexibility index (Phi) is 20.4. The molecule has 2 heterocycles. The number of rotatable bonds is 17. The third-order valence-electron chi connectivity index (χ3n) is 10.5. The van der Waals surface area contributed by atoms with Crippen molar-refractivity contribution in [2.24, 2.45) is 16.6 Å². The number of aliphatic hydroxyl groups excluding tert-OH is 2. The molecule has 0 fully saturated rings. The van der Waals surface area contributed by atoms with Gasteiger partial charge in [0.25, 0.3) is 5.91 Å². The molecule has 0 spiro atoms. The van der Waals surface area contributed by atoms with Gasteiger partial charge in [-0.25, -0.2) is 18.4 Å². The summed E-state index contributed by atoms with van der Waals surface area (Å²) in [5.41, 5.74) is 6.87. The summed E-state index contributed by atoms with van der Waals surface area (Å²) in [7, 11) is 0. The van der Waals surface area contributed by atoms with Gasteiger partial charge in [0.05, 0.1) is 36.0 Å². The summed E-state index contributed by atoms with van der Waals surface area (Å²) in [5.74, 6) is -6.13. The van der Waals surface area contributed by atoms with Crippen molar-refractivity contribution in [1.29, 1.82) is 0 Å². The molecule has 1 amide bonds. The largest absolute Gasteiger partial charge is 0.481 e. The van der Waals surface area contributed by atoms with Crippen LogP contribution in [0.25, 0.3) is 22.3 Å². The number of benzene rings is 4. The van der Waals surface area contributed by atoms with Crippen LogP contribution in [0.2, 0.25) is 10.0 Å². The number of aromatic nitrogens is 1. The molecule has 0 radical (unpaired) electrons. The van der Waals surface area contributed by atoms with E-state index in [0.29, 0.717) is 38.7 Å². The molecule has 4 atom stereocenters. The van der Waals surface area contributed by atoms with Gasteiger partial charge in [0, 0.05) is 33.3 Å². The molecule has 0 saturated heterocycles. The smallest absolute Gasteiger partial charge is 0.416 e. The Labute approximate surface area is 399 Å². The van der Waals surface area contributed by atoms with E-state index in [-0.39, 0.29) is 50.2 Å². The fourth-order valence-electron chi connectivity index (χ4n) is 6.63. The first-order valence-corrected chi connectivity index (χ1v) is 20.9. The number of H-pyrrole nitrogens is 1. The monoisotopic (exact) mass is 985 g/mol. The molecular formula is C48H51Cl2F2N3O13. The molecule has 0 bridgehead atoms. The van der Waals surface area contributed by atoms with Gasteiger partial charge in [-0.05, 0) is 98.2 Å². The van der Waals surface area contributed by atoms with Crippen LogP contribution < -0.4 is 16.8 Å². The summed E-state index contributed by atoms with van der Waals surface area (Å²) < 4.78 is 36.9. The third kappa shape index (κ3) is 15.7. The lowest BCUT2D eigenvalue weighted by atomic mass is 9.82. The molecule has 16 nitrogen and oxygen atoms in total. The minimum absolute atomic E-state index is 0. The lowest BCUT2D eigenvalue weighted by Crippen LogP contribution is -2.44. The average molecular weight is 987 g/mol. The van der Waals surface area contributed by atoms with Crippen molar-refractivity contribution >= 4 is 53.0 Å². The Hall–Kier alpha value is -6.70. The zero-order chi connectivity index (χ0) is 49.6. The van der Waals surface area contributed by atoms with Crippen LogP contribution >= 0.6 is 23.2 Å². The van der Waals surface area contributed by atoms with Crippen LogP contribution in [0, 0.1) is 22.5 Å². The number of ether oxygens (including phenoxy) is 1. The van der Waals surface area contributed by atoms with E-state index in [9.17, 15) is 58.0 Å². The molecule has 0 unspecified atom stereocenters. The zero-order valence-corrected chi connectivity index (χ0v) is 37.4. The molecule has 1 aromatic heterocycles. The second kappa shape index (κ2) is 24.9. The molecule has 20 heteroatoms. The van der Waals surface area contributed by atoms with Crippen LogP contribution in [0.5, 0.6) is 0 Å². The van der Waals surface area contributed by atoms with Crippen molar-refractivity contribution < 1.29 is 67.4 Å². The van der Waals surface area contributed by atoms with Crippen molar-refractivity contribution in [3.05, 3.63) is 152 Å². The summed E-state index contributed by atoms with van der Waals surface area (Å²) >= 11 is 11.9. The number of aromatic amines is 1. The van der Waals surface area contributed by atoms with Crippen LogP contribution in [0.4, 0.5) is 8.78 Å². The van der Waals surface area contributed by atoms with Gasteiger partial charge in [0.1, 0.15) is 29.9 Å². The summed E-state index contributed by atoms with van der Waals surface area (Å²) in [4.78, 5) is 69.1. The number of carbonyl (C=O) groups is 5. The van der Waals surface area contributed by atoms with E-state index in [1.165, 1.54) is 44.2 Å². The lowest BCUT2D eigenvalue weighted by Gasteiger charge is -2.28. The molecule has 1 aliphatic heterocycles. The highest BCUT2D eigenvalue weighted by atomic mass is 35.5. The first kappa shape index (κ1) is 55.6. The van der Waals surface area contributed by atoms with Gasteiger partial charge in [-0.1, -0.05) is 79.2 Å². The number of nitrogens with one attached hydrogen (secondary N) is 2. The molecule has 68 heavy (non-hydrogen) atoms. The first-order valence-electron chi connectivity index (χ1n) is 20.2. The van der Waals surface area contributed by atoms with Crippen molar-refractivity contribution in [3.63, 3.8) is 0 Å². The number of halogens is 4. The number of amides is 1. The maximum atomic E-state index is 14.2. The number of cyclic esters (lactones) is 1. The molecule has 6 rings (SSSR count). The highest BCUT2D eigenvalue weighted by Gasteiger charge is 2.36. The molecule has 5 aromatic rings. The number of nitrogens with two attached hydrogens (primary N) is 1. The van der Waals surface area contributed by atoms with Gasteiger partial charge in [-0.3, -0.25) is 24.2 Å². The third-order valence-corrected chi connectivity index (χ3v) is 11.0. The minimum atomic E-state index is -1.51. The summed E-state index contributed by atoms with van der Waals surface area (Å²) in [6.07, 6.45) is 2.56. The summed E-state index contributed by atoms with van der Waals surface area (Å²) in [5, 5.41) is 49.4. The molecule has 1 aliphatic rings. The van der Waals surface area contributed by atoms with E-state index in [1.54, 1.807) is 42.5 Å². The van der Waals surface area contributed by atoms with Gasteiger partial charge in [0.15, 0.2) is 0 Å². The zero-order valence-electron chi connectivity index (χ0n) is 35.9. The van der Waals surface area contributed by atoms with E-state index in [2.05, 4.69) is 19.5 Å². The Bertz CT molecular complexity index is 2660. The van der Waals surface area contributed by atoms with Crippen LogP contribution in [-0.4, -0.2) is 85.6 Å². The lowest BCUT2D eigenvalue weighted by molar-refractivity contribution is -0.152. The Balaban J connectivity index is 0.000000308. The molecule has 364 valence electrons. The number of carboxylic acids is 3. The van der Waals surface area contributed by atoms with E-state index in [0.717, 1.165) is 23.7 Å². The minimum Gasteiger partial charge on any atom is -0.481 e. The number of oxazole rings is 1. The van der Waals surface area contributed by atoms with Crippen LogP contribution in [0.15, 0.2) is 112 Å². The second-order valence-electron chi connectivity index (χ2n) is 16.1. The highest BCUT2D eigenvalue weighted by Crippen LogP contribution is 2.30. The highest BCUT2D eigenvalue weighted by molar-refractivity contribution is 6.31. The van der Waals surface area contributed by atoms with Crippen molar-refractivity contribution in [1.82, 2.24) is 10.3 Å². The molecule has 0 aliphatic carbocycles. The number of esters is 1. The van der Waals surface area contributed by atoms with Gasteiger partial charge in [0.2, 0.25) is 0 Å². The summed E-state index contributed by atoms with van der Waals surface area (Å²) in [6.45, 7) is 1.74. The molecule has 4 aromatic carbocycles. The Morgan fingerprint density at radius 3 is 1.62 bits per heavy atom. The van der Waals surface area contributed by atoms with E-state index < -0.39 is 77.5 Å². The van der Waals surface area contributed by atoms with Crippen molar-refractivity contribution in [3.8, 4) is 22.3 Å². The first-order chi connectivity index (χ1) is 31.6. The average Bonchev–Trinajstić information content (AvgIpc) is 3.94. The number of carboxylic acid groups (broad SMARTS) is 3. The van der Waals surface area contributed by atoms with Crippen LogP contribution in [-0.2, 0) is 36.8 Å². The maximum Gasteiger partial charge on any atom is 0.416 e. The number of aliphatic carboxylic acids is 3. The van der Waals surface area contributed by atoms with E-state index in [1.807, 2.05) is 12.1 Å². The quantitative estimate of drug-likeness (QED) is 0.0426. The Morgan fingerprint density at radius 1 is 0.765 bits per heavy atom. The van der Waals surface area contributed by atoms with Crippen molar-refractivity contribution in [2.75, 3.05) is 13.2 Å². The van der Waals surface area contributed by atoms with Gasteiger partial charge >= 0.3 is 29.6 Å². The molecule has 0 saturated carbocycles. The number of carbonyl (C=O) groups excluding carboxylic acids is 2. The topological polar surface area (TPSA) is 280 Å². The van der Waals surface area contributed by atoms with E-state index in [4.69, 9.17) is 34.0 Å². The number of aliphatic hydroxyl groups is 2. The maximum absolute atomic E-state index is 14.2. The van der Waals surface area contributed by atoms with Crippen molar-refractivity contribution in [2.45, 2.75) is 65.5 Å². The fourth-order valence-corrected chi connectivity index (χ4v) is 6.97. The van der Waals surface area contributed by atoms with Gasteiger partial charge in [-0.2, -0.15) is 0 Å². The van der Waals surface area contributed by atoms with Gasteiger partial charge in [-0.15, -0.1) is 0 Å². The van der Waals surface area contributed by atoms with Crippen LogP contribution in [0.3, 0.4) is 0 Å².